The second-order valence-electron chi connectivity index (χ2n) is 5.55. The van der Waals surface area contributed by atoms with Gasteiger partial charge in [0.05, 0.1) is 11.3 Å². The Balaban J connectivity index is 2.21. The molecule has 0 amide bonds. The number of likely N-dealkylation sites (tertiary alicyclic amines) is 1. The van der Waals surface area contributed by atoms with Crippen LogP contribution in [0.1, 0.15) is 31.0 Å². The van der Waals surface area contributed by atoms with Gasteiger partial charge in [-0.1, -0.05) is 19.1 Å². The van der Waals surface area contributed by atoms with Crippen LogP contribution < -0.4 is 10.6 Å². The molecule has 1 aliphatic heterocycles. The summed E-state index contributed by atoms with van der Waals surface area (Å²) in [5.41, 5.74) is 7.71. The molecule has 0 unspecified atom stereocenters. The average Bonchev–Trinajstić information content (AvgIpc) is 2.72. The number of rotatable bonds is 4. The third-order valence-corrected chi connectivity index (χ3v) is 4.53. The van der Waals surface area contributed by atoms with Crippen LogP contribution >= 0.6 is 12.2 Å². The van der Waals surface area contributed by atoms with Crippen LogP contribution in [0.3, 0.4) is 0 Å². The predicted octanol–water partition coefficient (Wildman–Crippen LogP) is 1.28. The van der Waals surface area contributed by atoms with Crippen LogP contribution in [0.2, 0.25) is 0 Å². The molecule has 2 N–H and O–H groups in total. The highest BCUT2D eigenvalue weighted by Crippen LogP contribution is 2.27. The first kappa shape index (κ1) is 15.3. The summed E-state index contributed by atoms with van der Waals surface area (Å²) in [6.45, 7) is 7.64. The first-order valence-electron chi connectivity index (χ1n) is 7.24. The maximum Gasteiger partial charge on any atom is 0.137 e. The van der Waals surface area contributed by atoms with E-state index in [2.05, 4.69) is 28.9 Å². The van der Waals surface area contributed by atoms with Crippen molar-refractivity contribution in [3.05, 3.63) is 11.3 Å². The number of anilines is 1. The van der Waals surface area contributed by atoms with Crippen molar-refractivity contribution in [2.75, 3.05) is 31.6 Å². The smallest absolute Gasteiger partial charge is 0.137 e. The quantitative estimate of drug-likeness (QED) is 0.848. The molecule has 1 aliphatic rings. The van der Waals surface area contributed by atoms with Crippen LogP contribution in [0.15, 0.2) is 0 Å². The molecular weight excluding hydrogens is 270 g/mol. The van der Waals surface area contributed by atoms with Crippen molar-refractivity contribution < 1.29 is 0 Å². The molecule has 0 atom stereocenters. The van der Waals surface area contributed by atoms with Gasteiger partial charge in [0, 0.05) is 33.2 Å². The minimum Gasteiger partial charge on any atom is -0.389 e. The highest BCUT2D eigenvalue weighted by atomic mass is 32.1. The summed E-state index contributed by atoms with van der Waals surface area (Å²) in [7, 11) is 4.09. The van der Waals surface area contributed by atoms with Crippen LogP contribution in [0.5, 0.6) is 0 Å². The Bertz CT molecular complexity index is 488. The molecule has 0 aromatic carbocycles. The van der Waals surface area contributed by atoms with Crippen LogP contribution in [-0.2, 0) is 7.05 Å². The molecule has 0 aliphatic carbocycles. The van der Waals surface area contributed by atoms with Gasteiger partial charge in [0.15, 0.2) is 0 Å². The van der Waals surface area contributed by atoms with Gasteiger partial charge in [0.25, 0.3) is 0 Å². The van der Waals surface area contributed by atoms with Crippen molar-refractivity contribution in [1.82, 2.24) is 14.7 Å². The summed E-state index contributed by atoms with van der Waals surface area (Å²) >= 11 is 5.20. The Labute approximate surface area is 126 Å². The van der Waals surface area contributed by atoms with Gasteiger partial charge in [-0.2, -0.15) is 5.10 Å². The van der Waals surface area contributed by atoms with Gasteiger partial charge >= 0.3 is 0 Å². The monoisotopic (exact) mass is 295 g/mol. The summed E-state index contributed by atoms with van der Waals surface area (Å²) in [6.07, 6.45) is 2.34. The van der Waals surface area contributed by atoms with Gasteiger partial charge in [-0.05, 0) is 26.3 Å². The molecule has 1 aromatic rings. The summed E-state index contributed by atoms with van der Waals surface area (Å²) in [5, 5.41) is 4.48. The Morgan fingerprint density at radius 3 is 2.55 bits per heavy atom. The first-order valence-corrected chi connectivity index (χ1v) is 7.65. The van der Waals surface area contributed by atoms with E-state index in [9.17, 15) is 0 Å². The Morgan fingerprint density at radius 1 is 1.45 bits per heavy atom. The summed E-state index contributed by atoms with van der Waals surface area (Å²) < 4.78 is 1.90. The molecule has 6 heteroatoms. The third-order valence-electron chi connectivity index (χ3n) is 4.32. The van der Waals surface area contributed by atoms with Crippen molar-refractivity contribution in [1.29, 1.82) is 0 Å². The number of aryl methyl sites for hydroxylation is 2. The molecule has 2 heterocycles. The van der Waals surface area contributed by atoms with Crippen LogP contribution in [0, 0.1) is 6.92 Å². The molecule has 0 saturated carbocycles. The standard InChI is InChI=1S/C14H25N5S/c1-5-19-8-6-11(7-9-19)17(3)14-12(13(15)20)10(2)16-18(14)4/h11H,5-9H2,1-4H3,(H2,15,20). The lowest BCUT2D eigenvalue weighted by Crippen LogP contribution is -2.44. The Kier molecular flexibility index (Phi) is 4.65. The molecule has 1 fully saturated rings. The normalized spacial score (nSPS) is 17.4. The lowest BCUT2D eigenvalue weighted by atomic mass is 10.0. The lowest BCUT2D eigenvalue weighted by molar-refractivity contribution is 0.220. The molecule has 0 radical (unpaired) electrons. The van der Waals surface area contributed by atoms with E-state index >= 15 is 0 Å². The summed E-state index contributed by atoms with van der Waals surface area (Å²) in [5.74, 6) is 1.05. The van der Waals surface area contributed by atoms with Gasteiger partial charge in [-0.15, -0.1) is 0 Å². The molecule has 5 nitrogen and oxygen atoms in total. The number of aromatic nitrogens is 2. The number of thiocarbonyl (C=S) groups is 1. The van der Waals surface area contributed by atoms with E-state index in [0.29, 0.717) is 11.0 Å². The predicted molar refractivity (Wildman–Crippen MR) is 87.4 cm³/mol. The molecule has 0 spiro atoms. The maximum atomic E-state index is 5.88. The Hall–Kier alpha value is -1.14. The minimum atomic E-state index is 0.434. The van der Waals surface area contributed by atoms with Gasteiger partial charge < -0.3 is 15.5 Å². The molecule has 20 heavy (non-hydrogen) atoms. The number of nitrogens with two attached hydrogens (primary N) is 1. The molecule has 1 aromatic heterocycles. The number of hydrogen-bond donors (Lipinski definition) is 1. The van der Waals surface area contributed by atoms with Gasteiger partial charge in [-0.25, -0.2) is 0 Å². The molecule has 112 valence electrons. The average molecular weight is 295 g/mol. The van der Waals surface area contributed by atoms with Crippen LogP contribution in [0.25, 0.3) is 0 Å². The number of nitrogens with zero attached hydrogens (tertiary/aromatic N) is 4. The van der Waals surface area contributed by atoms with Crippen LogP contribution in [-0.4, -0.2) is 52.4 Å². The fourth-order valence-corrected chi connectivity index (χ4v) is 3.37. The van der Waals surface area contributed by atoms with Crippen LogP contribution in [0.4, 0.5) is 5.82 Å². The zero-order valence-electron chi connectivity index (χ0n) is 12.9. The second-order valence-corrected chi connectivity index (χ2v) is 5.99. The van der Waals surface area contributed by atoms with E-state index in [-0.39, 0.29) is 0 Å². The summed E-state index contributed by atoms with van der Waals surface area (Å²) in [4.78, 5) is 5.23. The topological polar surface area (TPSA) is 50.3 Å². The van der Waals surface area contributed by atoms with Crippen molar-refractivity contribution >= 4 is 23.0 Å². The van der Waals surface area contributed by atoms with Gasteiger partial charge in [0.1, 0.15) is 10.8 Å². The van der Waals surface area contributed by atoms with E-state index in [1.165, 1.54) is 12.8 Å². The van der Waals surface area contributed by atoms with Gasteiger partial charge in [-0.3, -0.25) is 4.68 Å². The summed E-state index contributed by atoms with van der Waals surface area (Å²) in [6, 6.07) is 0.528. The molecule has 0 bridgehead atoms. The molecule has 1 saturated heterocycles. The van der Waals surface area contributed by atoms with Crippen molar-refractivity contribution in [2.24, 2.45) is 12.8 Å². The van der Waals surface area contributed by atoms with Gasteiger partial charge in [0.2, 0.25) is 0 Å². The zero-order chi connectivity index (χ0) is 14.9. The third kappa shape index (κ3) is 2.81. The second kappa shape index (κ2) is 6.10. The van der Waals surface area contributed by atoms with E-state index in [1.807, 2.05) is 18.7 Å². The van der Waals surface area contributed by atoms with E-state index in [4.69, 9.17) is 18.0 Å². The maximum absolute atomic E-state index is 5.88. The number of hydrogen-bond acceptors (Lipinski definition) is 4. The van der Waals surface area contributed by atoms with Crippen molar-refractivity contribution in [3.63, 3.8) is 0 Å². The Morgan fingerprint density at radius 2 is 2.05 bits per heavy atom. The van der Waals surface area contributed by atoms with E-state index in [0.717, 1.165) is 36.7 Å². The fourth-order valence-electron chi connectivity index (χ4n) is 3.13. The molecule has 2 rings (SSSR count). The zero-order valence-corrected chi connectivity index (χ0v) is 13.7. The lowest BCUT2D eigenvalue weighted by Gasteiger charge is -2.37. The van der Waals surface area contributed by atoms with Crippen molar-refractivity contribution in [3.8, 4) is 0 Å². The minimum absolute atomic E-state index is 0.434. The fraction of sp³-hybridized carbons (Fsp3) is 0.714. The highest BCUT2D eigenvalue weighted by Gasteiger charge is 2.27. The SMILES string of the molecule is CCN1CCC(N(C)c2c(C(N)=S)c(C)nn2C)CC1. The number of piperidine rings is 1. The largest absolute Gasteiger partial charge is 0.389 e. The van der Waals surface area contributed by atoms with E-state index < -0.39 is 0 Å². The first-order chi connectivity index (χ1) is 9.45. The highest BCUT2D eigenvalue weighted by molar-refractivity contribution is 7.80. The van der Waals surface area contributed by atoms with Crippen molar-refractivity contribution in [2.45, 2.75) is 32.7 Å². The van der Waals surface area contributed by atoms with E-state index in [1.54, 1.807) is 0 Å². The molecular formula is C14H25N5S.